The van der Waals surface area contributed by atoms with Gasteiger partial charge in [-0.15, -0.1) is 0 Å². The number of hydrogen-bond donors (Lipinski definition) is 3. The Hall–Kier alpha value is -2.92. The summed E-state index contributed by atoms with van der Waals surface area (Å²) in [5.41, 5.74) is 1.44. The molecule has 3 N–H and O–H groups in total. The van der Waals surface area contributed by atoms with Gasteiger partial charge in [0.1, 0.15) is 23.8 Å². The van der Waals surface area contributed by atoms with Crippen LogP contribution in [-0.4, -0.2) is 84.2 Å². The first-order valence-electron chi connectivity index (χ1n) is 14.3. The topological polar surface area (TPSA) is 108 Å². The fraction of sp³-hybridized carbons (Fsp3) is 0.548. The largest absolute Gasteiger partial charge is 0.388 e. The fourth-order valence-corrected chi connectivity index (χ4v) is 5.03. The average molecular weight is 577 g/mol. The maximum absolute atomic E-state index is 13.9. The van der Waals surface area contributed by atoms with Gasteiger partial charge in [-0.1, -0.05) is 13.8 Å². The number of rotatable bonds is 15. The van der Waals surface area contributed by atoms with Gasteiger partial charge in [-0.25, -0.2) is 8.78 Å². The van der Waals surface area contributed by atoms with Crippen LogP contribution < -0.4 is 5.32 Å². The van der Waals surface area contributed by atoms with Crippen molar-refractivity contribution in [2.24, 2.45) is 0 Å². The summed E-state index contributed by atoms with van der Waals surface area (Å²) in [6.45, 7) is 7.61. The number of carbonyl (C=O) groups is 2. The molecule has 3 unspecified atom stereocenters. The Morgan fingerprint density at radius 2 is 1.71 bits per heavy atom. The normalized spacial score (nSPS) is 17.2. The van der Waals surface area contributed by atoms with E-state index in [1.807, 2.05) is 13.8 Å². The number of hydrogen-bond acceptors (Lipinski definition) is 6. The smallest absolute Gasteiger partial charge is 0.253 e. The number of benzene rings is 2. The Balaban J connectivity index is 1.80. The molecule has 226 valence electrons. The first-order valence-corrected chi connectivity index (χ1v) is 14.3. The molecule has 4 atom stereocenters. The number of aliphatic hydroxyl groups excluding tert-OH is 2. The van der Waals surface area contributed by atoms with Crippen LogP contribution in [0, 0.1) is 18.6 Å². The molecule has 3 rings (SSSR count). The monoisotopic (exact) mass is 576 g/mol. The molecular weight excluding hydrogens is 534 g/mol. The first kappa shape index (κ1) is 32.6. The maximum atomic E-state index is 13.9. The molecule has 0 saturated carbocycles. The lowest BCUT2D eigenvalue weighted by atomic mass is 9.96. The highest BCUT2D eigenvalue weighted by atomic mass is 19.1. The van der Waals surface area contributed by atoms with E-state index in [-0.39, 0.29) is 42.8 Å². The zero-order valence-corrected chi connectivity index (χ0v) is 24.1. The van der Waals surface area contributed by atoms with Crippen LogP contribution in [0.2, 0.25) is 0 Å². The lowest BCUT2D eigenvalue weighted by molar-refractivity contribution is -0.0670. The molecule has 0 bridgehead atoms. The average Bonchev–Trinajstić information content (AvgIpc) is 3.44. The van der Waals surface area contributed by atoms with Gasteiger partial charge in [-0.2, -0.15) is 0 Å². The quantitative estimate of drug-likeness (QED) is 0.298. The predicted molar refractivity (Wildman–Crippen MR) is 151 cm³/mol. The minimum Gasteiger partial charge on any atom is -0.388 e. The maximum Gasteiger partial charge on any atom is 0.253 e. The Kier molecular flexibility index (Phi) is 12.6. The summed E-state index contributed by atoms with van der Waals surface area (Å²) in [5, 5.41) is 24.4. The molecule has 2 amide bonds. The lowest BCUT2D eigenvalue weighted by Crippen LogP contribution is -2.51. The van der Waals surface area contributed by atoms with E-state index in [0.717, 1.165) is 43.9 Å². The van der Waals surface area contributed by atoms with Crippen molar-refractivity contribution in [2.75, 3.05) is 32.9 Å². The van der Waals surface area contributed by atoms with Gasteiger partial charge in [-0.3, -0.25) is 9.59 Å². The summed E-state index contributed by atoms with van der Waals surface area (Å²) in [7, 11) is 0. The number of aliphatic hydroxyl groups is 2. The second-order valence-corrected chi connectivity index (χ2v) is 10.7. The summed E-state index contributed by atoms with van der Waals surface area (Å²) < 4.78 is 38.9. The summed E-state index contributed by atoms with van der Waals surface area (Å²) >= 11 is 0. The van der Waals surface area contributed by atoms with Crippen molar-refractivity contribution in [3.8, 4) is 0 Å². The molecule has 10 heteroatoms. The molecule has 2 aromatic carbocycles. The standard InChI is InChI=1S/C31H42F2N2O6/c1-4-8-35(9-5-2)31(39)23-12-20(3)11-22(16-23)30(38)34-27(15-21-13-24(32)17-25(33)14-21)29(37)28(36)19-40-18-26-7-6-10-41-26/h11-14,16-17,26-29,36-37H,4-10,15,18-19H2,1-3H3,(H,34,38)/t26?,27?,28-,29?/m1/s1. The second kappa shape index (κ2) is 15.9. The number of carbonyl (C=O) groups excluding carboxylic acids is 2. The molecule has 0 radical (unpaired) electrons. The van der Waals surface area contributed by atoms with E-state index < -0.39 is 35.8 Å². The number of ether oxygens (including phenoxy) is 2. The molecule has 0 aliphatic carbocycles. The number of amides is 2. The van der Waals surface area contributed by atoms with Gasteiger partial charge in [0.05, 0.1) is 25.4 Å². The van der Waals surface area contributed by atoms with Gasteiger partial charge >= 0.3 is 0 Å². The van der Waals surface area contributed by atoms with Crippen LogP contribution >= 0.6 is 0 Å². The lowest BCUT2D eigenvalue weighted by Gasteiger charge is -2.28. The van der Waals surface area contributed by atoms with Gasteiger partial charge in [-0.05, 0) is 80.5 Å². The highest BCUT2D eigenvalue weighted by Gasteiger charge is 2.30. The van der Waals surface area contributed by atoms with Crippen LogP contribution in [0.25, 0.3) is 0 Å². The van der Waals surface area contributed by atoms with Crippen LogP contribution in [0.5, 0.6) is 0 Å². The molecule has 0 spiro atoms. The van der Waals surface area contributed by atoms with Crippen molar-refractivity contribution >= 4 is 11.8 Å². The van der Waals surface area contributed by atoms with Gasteiger partial charge in [0.2, 0.25) is 0 Å². The molecular formula is C31H42F2N2O6. The highest BCUT2D eigenvalue weighted by molar-refractivity contribution is 6.00. The fourth-order valence-electron chi connectivity index (χ4n) is 5.03. The van der Waals surface area contributed by atoms with E-state index in [4.69, 9.17) is 9.47 Å². The molecule has 1 aliphatic heterocycles. The second-order valence-electron chi connectivity index (χ2n) is 10.7. The number of nitrogens with zero attached hydrogens (tertiary/aromatic N) is 1. The minimum absolute atomic E-state index is 0.0751. The molecule has 1 aliphatic rings. The van der Waals surface area contributed by atoms with Gasteiger partial charge in [0.15, 0.2) is 0 Å². The van der Waals surface area contributed by atoms with E-state index in [1.165, 1.54) is 6.07 Å². The summed E-state index contributed by atoms with van der Waals surface area (Å²) in [4.78, 5) is 28.4. The van der Waals surface area contributed by atoms with Crippen molar-refractivity contribution in [1.29, 1.82) is 0 Å². The third-order valence-corrected chi connectivity index (χ3v) is 6.98. The van der Waals surface area contributed by atoms with Crippen LogP contribution in [0.3, 0.4) is 0 Å². The first-order chi connectivity index (χ1) is 19.6. The van der Waals surface area contributed by atoms with Crippen molar-refractivity contribution in [3.05, 3.63) is 70.3 Å². The third-order valence-electron chi connectivity index (χ3n) is 6.98. The molecule has 1 saturated heterocycles. The van der Waals surface area contributed by atoms with Crippen LogP contribution in [-0.2, 0) is 15.9 Å². The Morgan fingerprint density at radius 1 is 1.05 bits per heavy atom. The van der Waals surface area contributed by atoms with E-state index in [0.29, 0.717) is 30.8 Å². The van der Waals surface area contributed by atoms with Gasteiger partial charge < -0.3 is 29.9 Å². The van der Waals surface area contributed by atoms with E-state index >= 15 is 0 Å². The van der Waals surface area contributed by atoms with Crippen molar-refractivity contribution in [2.45, 2.75) is 77.2 Å². The van der Waals surface area contributed by atoms with Crippen molar-refractivity contribution in [1.82, 2.24) is 10.2 Å². The minimum atomic E-state index is -1.52. The highest BCUT2D eigenvalue weighted by Crippen LogP contribution is 2.18. The Bertz CT molecular complexity index is 1130. The van der Waals surface area contributed by atoms with E-state index in [2.05, 4.69) is 5.32 Å². The Morgan fingerprint density at radius 3 is 2.32 bits per heavy atom. The van der Waals surface area contributed by atoms with Gasteiger partial charge in [0, 0.05) is 36.9 Å². The van der Waals surface area contributed by atoms with Gasteiger partial charge in [0.25, 0.3) is 11.8 Å². The van der Waals surface area contributed by atoms with Crippen molar-refractivity contribution < 1.29 is 38.1 Å². The van der Waals surface area contributed by atoms with Crippen molar-refractivity contribution in [3.63, 3.8) is 0 Å². The number of nitrogens with one attached hydrogen (secondary N) is 1. The number of halogens is 2. The molecule has 2 aromatic rings. The summed E-state index contributed by atoms with van der Waals surface area (Å²) in [6, 6.07) is 6.64. The molecule has 1 heterocycles. The Labute approximate surface area is 240 Å². The number of aryl methyl sites for hydroxylation is 1. The third kappa shape index (κ3) is 9.85. The van der Waals surface area contributed by atoms with E-state index in [1.54, 1.807) is 24.0 Å². The van der Waals surface area contributed by atoms with Crippen LogP contribution in [0.15, 0.2) is 36.4 Å². The molecule has 0 aromatic heterocycles. The van der Waals surface area contributed by atoms with Crippen LogP contribution in [0.4, 0.5) is 8.78 Å². The summed E-state index contributed by atoms with van der Waals surface area (Å²) in [5.74, 6) is -2.39. The molecule has 8 nitrogen and oxygen atoms in total. The zero-order valence-electron chi connectivity index (χ0n) is 24.1. The molecule has 1 fully saturated rings. The SMILES string of the molecule is CCCN(CCC)C(=O)c1cc(C)cc(C(=O)NC(Cc2cc(F)cc(F)c2)C(O)[C@H](O)COCC2CCCO2)c1. The summed E-state index contributed by atoms with van der Waals surface area (Å²) in [6.07, 6.45) is 0.209. The molecule has 41 heavy (non-hydrogen) atoms. The van der Waals surface area contributed by atoms with E-state index in [9.17, 15) is 28.6 Å². The predicted octanol–water partition coefficient (Wildman–Crippen LogP) is 3.79. The zero-order chi connectivity index (χ0) is 29.9. The van der Waals surface area contributed by atoms with Crippen LogP contribution in [0.1, 0.15) is 71.4 Å².